The van der Waals surface area contributed by atoms with Gasteiger partial charge in [-0.3, -0.25) is 9.59 Å². The zero-order chi connectivity index (χ0) is 18.2. The number of amides is 2. The van der Waals surface area contributed by atoms with Crippen molar-refractivity contribution in [3.8, 4) is 0 Å². The molecule has 0 radical (unpaired) electrons. The van der Waals surface area contributed by atoms with Gasteiger partial charge in [-0.2, -0.15) is 0 Å². The van der Waals surface area contributed by atoms with Gasteiger partial charge in [0.05, 0.1) is 0 Å². The maximum atomic E-state index is 12.5. The van der Waals surface area contributed by atoms with Crippen LogP contribution in [0.2, 0.25) is 5.02 Å². The molecule has 0 spiro atoms. The summed E-state index contributed by atoms with van der Waals surface area (Å²) in [7, 11) is 0. The van der Waals surface area contributed by atoms with Crippen molar-refractivity contribution in [2.24, 2.45) is 5.73 Å². The SMILES string of the molecule is C[C@@H](CN)NC(=O)C(Cc1ccccc1)NC(=O)c1ccc(Cl)cc1. The number of hydrogen-bond donors (Lipinski definition) is 3. The van der Waals surface area contributed by atoms with Crippen molar-refractivity contribution < 1.29 is 9.59 Å². The van der Waals surface area contributed by atoms with E-state index in [9.17, 15) is 9.59 Å². The van der Waals surface area contributed by atoms with Gasteiger partial charge in [-0.25, -0.2) is 0 Å². The van der Waals surface area contributed by atoms with E-state index in [-0.39, 0.29) is 17.9 Å². The van der Waals surface area contributed by atoms with E-state index in [0.717, 1.165) is 5.56 Å². The molecule has 2 atom stereocenters. The van der Waals surface area contributed by atoms with E-state index < -0.39 is 6.04 Å². The van der Waals surface area contributed by atoms with E-state index in [2.05, 4.69) is 10.6 Å². The molecule has 2 amide bonds. The zero-order valence-corrected chi connectivity index (χ0v) is 14.8. The second kappa shape index (κ2) is 9.20. The Labute approximate surface area is 152 Å². The van der Waals surface area contributed by atoms with Gasteiger partial charge in [-0.05, 0) is 36.8 Å². The maximum Gasteiger partial charge on any atom is 0.251 e. The van der Waals surface area contributed by atoms with E-state index in [1.807, 2.05) is 37.3 Å². The minimum Gasteiger partial charge on any atom is -0.351 e. The molecule has 2 aromatic rings. The van der Waals surface area contributed by atoms with Crippen LogP contribution < -0.4 is 16.4 Å². The highest BCUT2D eigenvalue weighted by atomic mass is 35.5. The summed E-state index contributed by atoms with van der Waals surface area (Å²) >= 11 is 5.85. The molecule has 0 fully saturated rings. The highest BCUT2D eigenvalue weighted by molar-refractivity contribution is 6.30. The second-order valence-corrected chi connectivity index (χ2v) is 6.30. The number of hydrogen-bond acceptors (Lipinski definition) is 3. The summed E-state index contributed by atoms with van der Waals surface area (Å²) in [5.41, 5.74) is 6.97. The molecule has 2 aromatic carbocycles. The number of halogens is 1. The van der Waals surface area contributed by atoms with Gasteiger partial charge in [0.15, 0.2) is 0 Å². The Balaban J connectivity index is 2.13. The van der Waals surface area contributed by atoms with Gasteiger partial charge in [-0.15, -0.1) is 0 Å². The fraction of sp³-hybridized carbons (Fsp3) is 0.263. The Hall–Kier alpha value is -2.37. The summed E-state index contributed by atoms with van der Waals surface area (Å²) in [5.74, 6) is -0.586. The molecule has 4 N–H and O–H groups in total. The average Bonchev–Trinajstić information content (AvgIpc) is 2.62. The summed E-state index contributed by atoms with van der Waals surface area (Å²) in [4.78, 5) is 25.0. The lowest BCUT2D eigenvalue weighted by Gasteiger charge is -2.21. The minimum atomic E-state index is -0.695. The fourth-order valence-electron chi connectivity index (χ4n) is 2.30. The van der Waals surface area contributed by atoms with Crippen molar-refractivity contribution in [2.75, 3.05) is 6.54 Å². The smallest absolute Gasteiger partial charge is 0.251 e. The molecule has 0 saturated carbocycles. The van der Waals surface area contributed by atoms with Crippen LogP contribution in [0.15, 0.2) is 54.6 Å². The van der Waals surface area contributed by atoms with Crippen molar-refractivity contribution in [2.45, 2.75) is 25.4 Å². The topological polar surface area (TPSA) is 84.2 Å². The van der Waals surface area contributed by atoms with Crippen LogP contribution in [-0.4, -0.2) is 30.4 Å². The van der Waals surface area contributed by atoms with Crippen molar-refractivity contribution in [1.29, 1.82) is 0 Å². The van der Waals surface area contributed by atoms with Crippen LogP contribution >= 0.6 is 11.6 Å². The molecule has 0 aliphatic rings. The number of benzene rings is 2. The summed E-state index contributed by atoms with van der Waals surface area (Å²) in [6.07, 6.45) is 0.392. The van der Waals surface area contributed by atoms with Crippen molar-refractivity contribution in [3.63, 3.8) is 0 Å². The van der Waals surface area contributed by atoms with Crippen molar-refractivity contribution >= 4 is 23.4 Å². The third-order valence-corrected chi connectivity index (χ3v) is 4.01. The molecule has 0 saturated heterocycles. The molecule has 0 heterocycles. The monoisotopic (exact) mass is 359 g/mol. The van der Waals surface area contributed by atoms with Gasteiger partial charge in [0.2, 0.25) is 5.91 Å². The van der Waals surface area contributed by atoms with Crippen LogP contribution in [0.4, 0.5) is 0 Å². The summed E-state index contributed by atoms with van der Waals surface area (Å²) in [5, 5.41) is 6.16. The Morgan fingerprint density at radius 3 is 2.28 bits per heavy atom. The number of carbonyl (C=O) groups excluding carboxylic acids is 2. The fourth-order valence-corrected chi connectivity index (χ4v) is 2.43. The van der Waals surface area contributed by atoms with Crippen molar-refractivity contribution in [3.05, 3.63) is 70.7 Å². The van der Waals surface area contributed by atoms with E-state index >= 15 is 0 Å². The minimum absolute atomic E-state index is 0.168. The molecular formula is C19H22ClN3O2. The van der Waals surface area contributed by atoms with Crippen LogP contribution in [0.3, 0.4) is 0 Å². The molecule has 0 aliphatic heterocycles. The first-order valence-corrected chi connectivity index (χ1v) is 8.48. The van der Waals surface area contributed by atoms with Crippen LogP contribution in [0, 0.1) is 0 Å². The molecule has 25 heavy (non-hydrogen) atoms. The normalized spacial score (nSPS) is 12.9. The van der Waals surface area contributed by atoms with Gasteiger partial charge < -0.3 is 16.4 Å². The van der Waals surface area contributed by atoms with Crippen LogP contribution in [-0.2, 0) is 11.2 Å². The molecule has 0 aliphatic carbocycles. The van der Waals surface area contributed by atoms with Gasteiger partial charge in [0, 0.05) is 29.6 Å². The third-order valence-electron chi connectivity index (χ3n) is 3.75. The molecule has 0 bridgehead atoms. The number of rotatable bonds is 7. The van der Waals surface area contributed by atoms with E-state index in [4.69, 9.17) is 17.3 Å². The average molecular weight is 360 g/mol. The lowest BCUT2D eigenvalue weighted by atomic mass is 10.0. The number of nitrogens with two attached hydrogens (primary N) is 1. The Morgan fingerprint density at radius 1 is 1.04 bits per heavy atom. The first kappa shape index (κ1) is 19.0. The number of carbonyl (C=O) groups is 2. The second-order valence-electron chi connectivity index (χ2n) is 5.87. The summed E-state index contributed by atoms with van der Waals surface area (Å²) < 4.78 is 0. The van der Waals surface area contributed by atoms with Gasteiger partial charge in [0.1, 0.15) is 6.04 Å². The molecule has 132 valence electrons. The van der Waals surface area contributed by atoms with Crippen LogP contribution in [0.1, 0.15) is 22.8 Å². The maximum absolute atomic E-state index is 12.5. The largest absolute Gasteiger partial charge is 0.351 e. The summed E-state index contributed by atoms with van der Waals surface area (Å²) in [6, 6.07) is 15.2. The third kappa shape index (κ3) is 5.89. The molecule has 2 rings (SSSR count). The molecular weight excluding hydrogens is 338 g/mol. The van der Waals surface area contributed by atoms with Crippen LogP contribution in [0.25, 0.3) is 0 Å². The highest BCUT2D eigenvalue weighted by Crippen LogP contribution is 2.10. The predicted octanol–water partition coefficient (Wildman–Crippen LogP) is 2.14. The van der Waals surface area contributed by atoms with Gasteiger partial charge >= 0.3 is 0 Å². The molecule has 5 nitrogen and oxygen atoms in total. The zero-order valence-electron chi connectivity index (χ0n) is 14.0. The Morgan fingerprint density at radius 2 is 1.68 bits per heavy atom. The van der Waals surface area contributed by atoms with E-state index in [1.54, 1.807) is 24.3 Å². The van der Waals surface area contributed by atoms with Crippen LogP contribution in [0.5, 0.6) is 0 Å². The Bertz CT molecular complexity index is 704. The van der Waals surface area contributed by atoms with E-state index in [1.165, 1.54) is 0 Å². The first-order chi connectivity index (χ1) is 12.0. The molecule has 0 aromatic heterocycles. The molecule has 6 heteroatoms. The van der Waals surface area contributed by atoms with Gasteiger partial charge in [0.25, 0.3) is 5.91 Å². The standard InChI is InChI=1S/C19H22ClN3O2/c1-13(12-21)22-19(25)17(11-14-5-3-2-4-6-14)23-18(24)15-7-9-16(20)10-8-15/h2-10,13,17H,11-12,21H2,1H3,(H,22,25)(H,23,24)/t13-,17?/m0/s1. The summed E-state index contributed by atoms with van der Waals surface area (Å²) in [6.45, 7) is 2.15. The van der Waals surface area contributed by atoms with Crippen molar-refractivity contribution in [1.82, 2.24) is 10.6 Å². The highest BCUT2D eigenvalue weighted by Gasteiger charge is 2.22. The Kier molecular flexibility index (Phi) is 6.98. The molecule has 1 unspecified atom stereocenters. The predicted molar refractivity (Wildman–Crippen MR) is 99.5 cm³/mol. The first-order valence-electron chi connectivity index (χ1n) is 8.10. The van der Waals surface area contributed by atoms with E-state index in [0.29, 0.717) is 23.6 Å². The van der Waals surface area contributed by atoms with Gasteiger partial charge in [-0.1, -0.05) is 41.9 Å². The lowest BCUT2D eigenvalue weighted by molar-refractivity contribution is -0.123. The number of nitrogens with one attached hydrogen (secondary N) is 2. The quantitative estimate of drug-likeness (QED) is 0.708. The lowest BCUT2D eigenvalue weighted by Crippen LogP contribution is -2.51.